The van der Waals surface area contributed by atoms with Crippen LogP contribution in [0.1, 0.15) is 22.3 Å². The Morgan fingerprint density at radius 1 is 1.11 bits per heavy atom. The van der Waals surface area contributed by atoms with Crippen molar-refractivity contribution in [1.29, 1.82) is 0 Å². The molecule has 0 saturated carbocycles. The summed E-state index contributed by atoms with van der Waals surface area (Å²) in [6.07, 6.45) is 5.39. The van der Waals surface area contributed by atoms with Gasteiger partial charge in [-0.1, -0.05) is 35.7 Å². The highest BCUT2D eigenvalue weighted by Crippen LogP contribution is 2.15. The molecular formula is C17H17N. The molecule has 0 aromatic heterocycles. The van der Waals surface area contributed by atoms with Gasteiger partial charge in [0.25, 0.3) is 0 Å². The Morgan fingerprint density at radius 2 is 1.94 bits per heavy atom. The highest BCUT2D eigenvalue weighted by atomic mass is 14.9. The Balaban J connectivity index is 2.11. The van der Waals surface area contributed by atoms with Gasteiger partial charge in [-0.15, -0.1) is 6.42 Å². The largest absolute Gasteiger partial charge is 0.381 e. The van der Waals surface area contributed by atoms with Crippen LogP contribution < -0.4 is 5.32 Å². The number of terminal acetylenes is 1. The topological polar surface area (TPSA) is 12.0 Å². The van der Waals surface area contributed by atoms with Crippen LogP contribution in [0.2, 0.25) is 0 Å². The summed E-state index contributed by atoms with van der Waals surface area (Å²) in [5, 5.41) is 3.41. The molecule has 0 amide bonds. The van der Waals surface area contributed by atoms with Crippen molar-refractivity contribution >= 4 is 5.69 Å². The summed E-state index contributed by atoms with van der Waals surface area (Å²) in [6, 6.07) is 14.4. The van der Waals surface area contributed by atoms with E-state index in [1.807, 2.05) is 24.3 Å². The fourth-order valence-electron chi connectivity index (χ4n) is 1.91. The number of benzene rings is 2. The van der Waals surface area contributed by atoms with Gasteiger partial charge in [-0.05, 0) is 43.2 Å². The summed E-state index contributed by atoms with van der Waals surface area (Å²) < 4.78 is 0. The van der Waals surface area contributed by atoms with E-state index in [-0.39, 0.29) is 0 Å². The first kappa shape index (κ1) is 12.3. The van der Waals surface area contributed by atoms with Crippen molar-refractivity contribution in [3.05, 3.63) is 64.7 Å². The van der Waals surface area contributed by atoms with Crippen LogP contribution in [0.25, 0.3) is 0 Å². The zero-order chi connectivity index (χ0) is 13.0. The molecule has 0 aliphatic carbocycles. The van der Waals surface area contributed by atoms with E-state index in [4.69, 9.17) is 6.42 Å². The Morgan fingerprint density at radius 3 is 2.72 bits per heavy atom. The van der Waals surface area contributed by atoms with Crippen LogP contribution in [0.15, 0.2) is 42.5 Å². The number of rotatable bonds is 3. The number of nitrogens with one attached hydrogen (secondary N) is 1. The molecule has 0 aliphatic rings. The molecule has 0 radical (unpaired) electrons. The van der Waals surface area contributed by atoms with Crippen molar-refractivity contribution in [3.8, 4) is 12.3 Å². The molecule has 2 aromatic carbocycles. The van der Waals surface area contributed by atoms with Gasteiger partial charge in [0.05, 0.1) is 0 Å². The van der Waals surface area contributed by atoms with E-state index < -0.39 is 0 Å². The van der Waals surface area contributed by atoms with Crippen LogP contribution in [-0.2, 0) is 6.54 Å². The summed E-state index contributed by atoms with van der Waals surface area (Å²) in [5.74, 6) is 2.65. The standard InChI is InChI=1S/C17H17N/c1-4-15-6-5-7-17(11-15)18-12-16-10-13(2)8-9-14(16)3/h1,5-11,18H,12H2,2-3H3. The molecule has 0 aliphatic heterocycles. The lowest BCUT2D eigenvalue weighted by Crippen LogP contribution is -2.01. The van der Waals surface area contributed by atoms with Crippen LogP contribution in [0.3, 0.4) is 0 Å². The molecule has 2 rings (SSSR count). The molecule has 0 atom stereocenters. The first-order chi connectivity index (χ1) is 8.69. The number of anilines is 1. The third-order valence-corrected chi connectivity index (χ3v) is 3.02. The zero-order valence-electron chi connectivity index (χ0n) is 10.8. The monoisotopic (exact) mass is 235 g/mol. The fraction of sp³-hybridized carbons (Fsp3) is 0.176. The maximum Gasteiger partial charge on any atom is 0.0403 e. The van der Waals surface area contributed by atoms with Crippen LogP contribution in [0.5, 0.6) is 0 Å². The molecular weight excluding hydrogens is 218 g/mol. The van der Waals surface area contributed by atoms with E-state index in [1.54, 1.807) is 0 Å². The summed E-state index contributed by atoms with van der Waals surface area (Å²) in [6.45, 7) is 5.07. The van der Waals surface area contributed by atoms with E-state index in [0.717, 1.165) is 17.8 Å². The van der Waals surface area contributed by atoms with E-state index in [9.17, 15) is 0 Å². The molecule has 0 bridgehead atoms. The molecule has 0 saturated heterocycles. The fourth-order valence-corrected chi connectivity index (χ4v) is 1.91. The van der Waals surface area contributed by atoms with Crippen molar-refractivity contribution in [1.82, 2.24) is 0 Å². The van der Waals surface area contributed by atoms with Crippen molar-refractivity contribution < 1.29 is 0 Å². The van der Waals surface area contributed by atoms with Crippen molar-refractivity contribution in [3.63, 3.8) is 0 Å². The highest BCUT2D eigenvalue weighted by Gasteiger charge is 1.99. The Kier molecular flexibility index (Phi) is 3.69. The van der Waals surface area contributed by atoms with Gasteiger partial charge in [0.1, 0.15) is 0 Å². The summed E-state index contributed by atoms with van der Waals surface area (Å²) in [4.78, 5) is 0. The Bertz CT molecular complexity index is 591. The van der Waals surface area contributed by atoms with Crippen LogP contribution >= 0.6 is 0 Å². The van der Waals surface area contributed by atoms with Crippen molar-refractivity contribution in [2.75, 3.05) is 5.32 Å². The minimum absolute atomic E-state index is 0.821. The predicted molar refractivity (Wildman–Crippen MR) is 77.6 cm³/mol. The van der Waals surface area contributed by atoms with Crippen LogP contribution in [-0.4, -0.2) is 0 Å². The minimum Gasteiger partial charge on any atom is -0.381 e. The van der Waals surface area contributed by atoms with Gasteiger partial charge >= 0.3 is 0 Å². The second-order valence-electron chi connectivity index (χ2n) is 4.51. The lowest BCUT2D eigenvalue weighted by atomic mass is 10.1. The average molecular weight is 235 g/mol. The van der Waals surface area contributed by atoms with E-state index >= 15 is 0 Å². The molecule has 1 N–H and O–H groups in total. The quantitative estimate of drug-likeness (QED) is 0.796. The molecule has 2 aromatic rings. The minimum atomic E-state index is 0.821. The van der Waals surface area contributed by atoms with Gasteiger partial charge < -0.3 is 5.32 Å². The molecule has 0 heterocycles. The SMILES string of the molecule is C#Cc1cccc(NCc2cc(C)ccc2C)c1. The van der Waals surface area contributed by atoms with Gasteiger partial charge in [-0.25, -0.2) is 0 Å². The smallest absolute Gasteiger partial charge is 0.0403 e. The molecule has 0 unspecified atom stereocenters. The van der Waals surface area contributed by atoms with Gasteiger partial charge in [0, 0.05) is 17.8 Å². The zero-order valence-corrected chi connectivity index (χ0v) is 10.8. The maximum absolute atomic E-state index is 5.39. The normalized spacial score (nSPS) is 9.83. The number of hydrogen-bond acceptors (Lipinski definition) is 1. The third-order valence-electron chi connectivity index (χ3n) is 3.02. The number of aryl methyl sites for hydroxylation is 2. The lowest BCUT2D eigenvalue weighted by molar-refractivity contribution is 1.11. The molecule has 0 fully saturated rings. The lowest BCUT2D eigenvalue weighted by Gasteiger charge is -2.10. The first-order valence-corrected chi connectivity index (χ1v) is 6.06. The molecule has 18 heavy (non-hydrogen) atoms. The van der Waals surface area contributed by atoms with Gasteiger partial charge in [-0.3, -0.25) is 0 Å². The maximum atomic E-state index is 5.39. The van der Waals surface area contributed by atoms with E-state index in [1.165, 1.54) is 16.7 Å². The van der Waals surface area contributed by atoms with Crippen molar-refractivity contribution in [2.45, 2.75) is 20.4 Å². The second-order valence-corrected chi connectivity index (χ2v) is 4.51. The third kappa shape index (κ3) is 2.93. The van der Waals surface area contributed by atoms with Gasteiger partial charge in [-0.2, -0.15) is 0 Å². The van der Waals surface area contributed by atoms with Gasteiger partial charge in [0.15, 0.2) is 0 Å². The second kappa shape index (κ2) is 5.42. The van der Waals surface area contributed by atoms with Gasteiger partial charge in [0.2, 0.25) is 0 Å². The Labute approximate surface area is 109 Å². The van der Waals surface area contributed by atoms with E-state index in [2.05, 4.69) is 43.3 Å². The summed E-state index contributed by atoms with van der Waals surface area (Å²) >= 11 is 0. The highest BCUT2D eigenvalue weighted by molar-refractivity contribution is 5.50. The average Bonchev–Trinajstić information content (AvgIpc) is 2.40. The molecule has 1 heteroatoms. The van der Waals surface area contributed by atoms with Crippen LogP contribution in [0.4, 0.5) is 5.69 Å². The molecule has 90 valence electrons. The molecule has 1 nitrogen and oxygen atoms in total. The van der Waals surface area contributed by atoms with Crippen molar-refractivity contribution in [2.24, 2.45) is 0 Å². The van der Waals surface area contributed by atoms with E-state index in [0.29, 0.717) is 0 Å². The van der Waals surface area contributed by atoms with Crippen LogP contribution in [0, 0.1) is 26.2 Å². The summed E-state index contributed by atoms with van der Waals surface area (Å²) in [7, 11) is 0. The molecule has 0 spiro atoms. The first-order valence-electron chi connectivity index (χ1n) is 6.06. The predicted octanol–water partition coefficient (Wildman–Crippen LogP) is 3.90. The Hall–Kier alpha value is -2.20. The summed E-state index contributed by atoms with van der Waals surface area (Å²) in [5.41, 5.74) is 5.88. The number of hydrogen-bond donors (Lipinski definition) is 1.